The van der Waals surface area contributed by atoms with E-state index in [-0.39, 0.29) is 47.2 Å². The molecule has 1 unspecified atom stereocenters. The highest BCUT2D eigenvalue weighted by molar-refractivity contribution is 6.01. The fourth-order valence-electron chi connectivity index (χ4n) is 7.97. The summed E-state index contributed by atoms with van der Waals surface area (Å²) in [6.07, 6.45) is 0.458. The van der Waals surface area contributed by atoms with Crippen molar-refractivity contribution in [3.63, 3.8) is 0 Å². The number of aryl methyl sites for hydroxylation is 1. The molecule has 16 heteroatoms. The van der Waals surface area contributed by atoms with Gasteiger partial charge >= 0.3 is 6.18 Å². The Hall–Kier alpha value is -6.42. The van der Waals surface area contributed by atoms with Crippen LogP contribution in [0, 0.1) is 6.92 Å². The lowest BCUT2D eigenvalue weighted by Crippen LogP contribution is -2.47. The van der Waals surface area contributed by atoms with Crippen LogP contribution in [0.1, 0.15) is 96.7 Å². The van der Waals surface area contributed by atoms with E-state index in [4.69, 9.17) is 4.52 Å². The number of fused-ring (bicyclic) bond motifs is 1. The second-order valence-corrected chi connectivity index (χ2v) is 16.9. The number of aromatic nitrogens is 5. The number of carbonyl (C=O) groups is 3. The summed E-state index contributed by atoms with van der Waals surface area (Å²) in [7, 11) is 0. The lowest BCUT2D eigenvalue weighted by molar-refractivity contribution is -0.138. The van der Waals surface area contributed by atoms with Gasteiger partial charge in [-0.25, -0.2) is 9.50 Å². The number of alkyl halides is 3. The maximum Gasteiger partial charge on any atom is 0.416 e. The molecule has 316 valence electrons. The number of rotatable bonds is 10. The van der Waals surface area contributed by atoms with E-state index in [0.29, 0.717) is 44.9 Å². The van der Waals surface area contributed by atoms with Crippen LogP contribution >= 0.6 is 0 Å². The molecule has 2 saturated heterocycles. The van der Waals surface area contributed by atoms with Crippen molar-refractivity contribution in [2.75, 3.05) is 18.4 Å². The summed E-state index contributed by atoms with van der Waals surface area (Å²) in [6.45, 7) is 10.1. The average molecular weight is 834 g/mol. The normalized spacial score (nSPS) is 16.8. The third-order valence-corrected chi connectivity index (χ3v) is 11.4. The summed E-state index contributed by atoms with van der Waals surface area (Å²) in [5.74, 6) is -1.19. The predicted octanol–water partition coefficient (Wildman–Crippen LogP) is 7.60. The molecule has 61 heavy (non-hydrogen) atoms. The van der Waals surface area contributed by atoms with Crippen molar-refractivity contribution in [3.05, 3.63) is 119 Å². The molecule has 2 fully saturated rings. The molecule has 6 aromatic rings. The molecular formula is C45H46F3N9O4. The number of piperidine rings is 2. The van der Waals surface area contributed by atoms with E-state index < -0.39 is 29.6 Å². The Bertz CT molecular complexity index is 2600. The van der Waals surface area contributed by atoms with Gasteiger partial charge in [-0.05, 0) is 97.3 Å². The minimum absolute atomic E-state index is 0.00428. The first-order valence-corrected chi connectivity index (χ1v) is 20.3. The molecule has 3 aromatic heterocycles. The van der Waals surface area contributed by atoms with Crippen LogP contribution in [-0.4, -0.2) is 66.5 Å². The Morgan fingerprint density at radius 3 is 2.38 bits per heavy atom. The highest BCUT2D eigenvalue weighted by atomic mass is 19.4. The summed E-state index contributed by atoms with van der Waals surface area (Å²) in [6, 6.07) is 19.8. The zero-order chi connectivity index (χ0) is 43.1. The molecule has 3 N–H and O–H groups in total. The third kappa shape index (κ3) is 9.18. The number of imide groups is 1. The summed E-state index contributed by atoms with van der Waals surface area (Å²) in [5.41, 5.74) is 6.92. The number of amides is 3. The van der Waals surface area contributed by atoms with Gasteiger partial charge in [0, 0.05) is 47.9 Å². The van der Waals surface area contributed by atoms with Crippen LogP contribution in [-0.2, 0) is 34.3 Å². The first-order valence-electron chi connectivity index (χ1n) is 20.3. The Morgan fingerprint density at radius 2 is 1.69 bits per heavy atom. The predicted molar refractivity (Wildman–Crippen MR) is 221 cm³/mol. The molecule has 3 aromatic carbocycles. The molecule has 5 heterocycles. The number of benzene rings is 3. The van der Waals surface area contributed by atoms with Crippen molar-refractivity contribution in [3.8, 4) is 22.4 Å². The van der Waals surface area contributed by atoms with Crippen molar-refractivity contribution in [2.24, 2.45) is 0 Å². The van der Waals surface area contributed by atoms with Crippen LogP contribution in [0.15, 0.2) is 83.8 Å². The van der Waals surface area contributed by atoms with E-state index in [0.717, 1.165) is 50.7 Å². The third-order valence-electron chi connectivity index (χ3n) is 11.4. The van der Waals surface area contributed by atoms with Crippen molar-refractivity contribution in [1.82, 2.24) is 40.3 Å². The van der Waals surface area contributed by atoms with Crippen LogP contribution in [0.5, 0.6) is 0 Å². The molecule has 0 bridgehead atoms. The summed E-state index contributed by atoms with van der Waals surface area (Å²) < 4.78 is 50.0. The first kappa shape index (κ1) is 41.3. The van der Waals surface area contributed by atoms with Crippen LogP contribution in [0.3, 0.4) is 0 Å². The molecule has 0 spiro atoms. The molecule has 3 amide bonds. The van der Waals surface area contributed by atoms with E-state index in [2.05, 4.69) is 71.4 Å². The number of halogens is 3. The molecule has 13 nitrogen and oxygen atoms in total. The van der Waals surface area contributed by atoms with Gasteiger partial charge in [0.05, 0.1) is 16.8 Å². The Kier molecular flexibility index (Phi) is 11.2. The van der Waals surface area contributed by atoms with Crippen molar-refractivity contribution < 1.29 is 32.1 Å². The minimum atomic E-state index is -4.56. The average Bonchev–Trinajstić information content (AvgIpc) is 3.91. The molecule has 0 radical (unpaired) electrons. The van der Waals surface area contributed by atoms with Crippen molar-refractivity contribution in [2.45, 2.75) is 90.0 Å². The molecule has 8 rings (SSSR count). The topological polar surface area (TPSA) is 160 Å². The molecule has 0 saturated carbocycles. The second kappa shape index (κ2) is 16.6. The highest BCUT2D eigenvalue weighted by Crippen LogP contribution is 2.41. The largest absolute Gasteiger partial charge is 0.416 e. The number of hydrogen-bond acceptors (Lipinski definition) is 10. The second-order valence-electron chi connectivity index (χ2n) is 16.9. The lowest BCUT2D eigenvalue weighted by Gasteiger charge is -2.33. The van der Waals surface area contributed by atoms with E-state index in [1.54, 1.807) is 6.07 Å². The Labute approximate surface area is 350 Å². The quantitative estimate of drug-likeness (QED) is 0.117. The Morgan fingerprint density at radius 1 is 0.934 bits per heavy atom. The molecule has 2 aliphatic heterocycles. The standard InChI is InChI=1S/C45H46F3N9O4/c1-26-19-30(9-10-31(26)22-49-42(60)40-54-43(61-55-40)44(2,3)4)39-37-20-32(24-57(37)51-25-50-39)28-7-5-27(6-8-28)23-56-17-15-29(16-18-56)34-12-11-33(21-35(34)45(46,47)48)52-36-13-14-38(58)53-41(36)59/h5-12,19-21,24-25,29,36,52H,13-18,22-23H2,1-4H3,(H,49,60)(H,53,58,59). The van der Waals surface area contributed by atoms with Gasteiger partial charge in [-0.1, -0.05) is 68.4 Å². The van der Waals surface area contributed by atoms with Crippen LogP contribution in [0.4, 0.5) is 18.9 Å². The SMILES string of the molecule is Cc1cc(-c2ncnn3cc(-c4ccc(CN5CCC(c6ccc(NC7CCC(=O)NC7=O)cc6C(F)(F)F)CC5)cc4)cc23)ccc1CNC(=O)c1noc(C(C)(C)C)n1. The van der Waals surface area contributed by atoms with Crippen LogP contribution < -0.4 is 16.0 Å². The van der Waals surface area contributed by atoms with Gasteiger partial charge < -0.3 is 15.2 Å². The molecule has 1 atom stereocenters. The zero-order valence-corrected chi connectivity index (χ0v) is 34.3. The van der Waals surface area contributed by atoms with Crippen LogP contribution in [0.25, 0.3) is 27.9 Å². The number of hydrogen-bond donors (Lipinski definition) is 3. The van der Waals surface area contributed by atoms with E-state index >= 15 is 0 Å². The van der Waals surface area contributed by atoms with Gasteiger partial charge in [-0.15, -0.1) is 0 Å². The smallest absolute Gasteiger partial charge is 0.374 e. The number of nitrogens with zero attached hydrogens (tertiary/aromatic N) is 6. The summed E-state index contributed by atoms with van der Waals surface area (Å²) in [5, 5.41) is 16.3. The number of nitrogens with one attached hydrogen (secondary N) is 3. The molecular weight excluding hydrogens is 788 g/mol. The fraction of sp³-hybridized carbons (Fsp3) is 0.356. The minimum Gasteiger partial charge on any atom is -0.374 e. The summed E-state index contributed by atoms with van der Waals surface area (Å²) >= 11 is 0. The van der Waals surface area contributed by atoms with Crippen molar-refractivity contribution in [1.29, 1.82) is 0 Å². The Balaban J connectivity index is 0.886. The lowest BCUT2D eigenvalue weighted by atomic mass is 9.85. The van der Waals surface area contributed by atoms with Crippen molar-refractivity contribution >= 4 is 28.9 Å². The highest BCUT2D eigenvalue weighted by Gasteiger charge is 2.37. The number of carbonyl (C=O) groups excluding carboxylic acids is 3. The fourth-order valence-corrected chi connectivity index (χ4v) is 7.97. The van der Waals surface area contributed by atoms with Crippen LogP contribution in [0.2, 0.25) is 0 Å². The maximum absolute atomic E-state index is 14.3. The van der Waals surface area contributed by atoms with E-state index in [1.165, 1.54) is 12.4 Å². The van der Waals surface area contributed by atoms with Gasteiger partial charge in [0.1, 0.15) is 12.4 Å². The van der Waals surface area contributed by atoms with E-state index in [1.807, 2.05) is 56.6 Å². The van der Waals surface area contributed by atoms with Gasteiger partial charge in [-0.3, -0.25) is 24.6 Å². The van der Waals surface area contributed by atoms with Gasteiger partial charge in [0.25, 0.3) is 11.7 Å². The molecule has 0 aliphatic carbocycles. The first-order chi connectivity index (χ1) is 29.1. The van der Waals surface area contributed by atoms with E-state index in [9.17, 15) is 27.6 Å². The molecule has 2 aliphatic rings. The van der Waals surface area contributed by atoms with Gasteiger partial charge in [-0.2, -0.15) is 23.3 Å². The monoisotopic (exact) mass is 833 g/mol. The van der Waals surface area contributed by atoms with Gasteiger partial charge in [0.15, 0.2) is 0 Å². The summed E-state index contributed by atoms with van der Waals surface area (Å²) in [4.78, 5) is 47.5. The number of likely N-dealkylation sites (tertiary alicyclic amines) is 1. The number of anilines is 1. The zero-order valence-electron chi connectivity index (χ0n) is 34.3. The van der Waals surface area contributed by atoms with Gasteiger partial charge in [0.2, 0.25) is 17.7 Å². The maximum atomic E-state index is 14.3.